The van der Waals surface area contributed by atoms with Crippen LogP contribution < -0.4 is 0 Å². The lowest BCUT2D eigenvalue weighted by atomic mass is 10.2. The van der Waals surface area contributed by atoms with E-state index in [4.69, 9.17) is 9.47 Å². The predicted molar refractivity (Wildman–Crippen MR) is 65.5 cm³/mol. The molecular weight excluding hydrogens is 204 g/mol. The van der Waals surface area contributed by atoms with Crippen LogP contribution in [0.2, 0.25) is 25.7 Å². The van der Waals surface area contributed by atoms with Gasteiger partial charge in [-0.05, 0) is 19.3 Å². The third-order valence-corrected chi connectivity index (χ3v) is 3.46. The van der Waals surface area contributed by atoms with Crippen LogP contribution in [-0.4, -0.2) is 27.6 Å². The first-order valence-electron chi connectivity index (χ1n) is 5.77. The lowest BCUT2D eigenvalue weighted by molar-refractivity contribution is -0.154. The summed E-state index contributed by atoms with van der Waals surface area (Å²) in [6.07, 6.45) is 3.41. The van der Waals surface area contributed by atoms with E-state index in [0.717, 1.165) is 19.1 Å². The average Bonchev–Trinajstić information content (AvgIpc) is 2.17. The molecule has 1 aliphatic rings. The summed E-state index contributed by atoms with van der Waals surface area (Å²) >= 11 is 0. The Morgan fingerprint density at radius 3 is 2.67 bits per heavy atom. The summed E-state index contributed by atoms with van der Waals surface area (Å²) in [6.45, 7) is 8.34. The van der Waals surface area contributed by atoms with Crippen molar-refractivity contribution in [2.24, 2.45) is 0 Å². The van der Waals surface area contributed by atoms with Gasteiger partial charge in [-0.15, -0.1) is 5.92 Å². The number of hydrogen-bond acceptors (Lipinski definition) is 2. The second kappa shape index (κ2) is 6.32. The van der Waals surface area contributed by atoms with Crippen molar-refractivity contribution in [1.82, 2.24) is 0 Å². The zero-order valence-electron chi connectivity index (χ0n) is 10.1. The van der Waals surface area contributed by atoms with E-state index in [1.807, 2.05) is 0 Å². The number of rotatable bonds is 3. The van der Waals surface area contributed by atoms with Gasteiger partial charge in [-0.2, -0.15) is 0 Å². The molecule has 0 aliphatic carbocycles. The Morgan fingerprint density at radius 1 is 1.27 bits per heavy atom. The molecule has 0 aromatic rings. The highest BCUT2D eigenvalue weighted by Gasteiger charge is 2.13. The molecule has 1 saturated heterocycles. The van der Waals surface area contributed by atoms with Crippen molar-refractivity contribution in [3.05, 3.63) is 0 Å². The summed E-state index contributed by atoms with van der Waals surface area (Å²) in [5, 5.41) is 0. The van der Waals surface area contributed by atoms with Gasteiger partial charge < -0.3 is 9.47 Å². The van der Waals surface area contributed by atoms with E-state index in [-0.39, 0.29) is 6.29 Å². The van der Waals surface area contributed by atoms with E-state index in [0.29, 0.717) is 6.61 Å². The Balaban J connectivity index is 2.09. The van der Waals surface area contributed by atoms with Gasteiger partial charge in [0, 0.05) is 12.7 Å². The summed E-state index contributed by atoms with van der Waals surface area (Å²) in [4.78, 5) is 0. The topological polar surface area (TPSA) is 18.5 Å². The fraction of sp³-hybridized carbons (Fsp3) is 0.833. The van der Waals surface area contributed by atoms with Gasteiger partial charge in [0.2, 0.25) is 0 Å². The number of ether oxygens (including phenoxy) is 2. The molecule has 0 N–H and O–H groups in total. The largest absolute Gasteiger partial charge is 0.353 e. The maximum atomic E-state index is 5.52. The second-order valence-corrected chi connectivity index (χ2v) is 10.7. The summed E-state index contributed by atoms with van der Waals surface area (Å²) in [6, 6.07) is 1.06. The fourth-order valence-electron chi connectivity index (χ4n) is 1.36. The summed E-state index contributed by atoms with van der Waals surface area (Å²) < 4.78 is 11.0. The van der Waals surface area contributed by atoms with Crippen LogP contribution >= 0.6 is 0 Å². The minimum atomic E-state index is -1.01. The smallest absolute Gasteiger partial charge is 0.158 e. The Morgan fingerprint density at radius 2 is 2.07 bits per heavy atom. The first-order chi connectivity index (χ1) is 7.08. The van der Waals surface area contributed by atoms with E-state index < -0.39 is 8.07 Å². The van der Waals surface area contributed by atoms with Gasteiger partial charge in [0.1, 0.15) is 6.61 Å². The molecule has 2 nitrogen and oxygen atoms in total. The zero-order chi connectivity index (χ0) is 11.1. The molecule has 0 aromatic heterocycles. The van der Waals surface area contributed by atoms with Crippen molar-refractivity contribution in [2.75, 3.05) is 13.2 Å². The van der Waals surface area contributed by atoms with Crippen LogP contribution in [0.4, 0.5) is 0 Å². The second-order valence-electron chi connectivity index (χ2n) is 5.20. The van der Waals surface area contributed by atoms with Gasteiger partial charge in [-0.1, -0.05) is 25.6 Å². The Bertz CT molecular complexity index is 228. The first-order valence-corrected chi connectivity index (χ1v) is 9.47. The third kappa shape index (κ3) is 6.72. The molecule has 3 heteroatoms. The maximum Gasteiger partial charge on any atom is 0.158 e. The van der Waals surface area contributed by atoms with Crippen molar-refractivity contribution in [1.29, 1.82) is 0 Å². The summed E-state index contributed by atoms with van der Waals surface area (Å²) in [7, 11) is -1.01. The van der Waals surface area contributed by atoms with Crippen molar-refractivity contribution >= 4 is 8.07 Å². The third-order valence-electron chi connectivity index (χ3n) is 2.22. The van der Waals surface area contributed by atoms with E-state index in [1.54, 1.807) is 0 Å². The zero-order valence-corrected chi connectivity index (χ0v) is 11.1. The molecular formula is C12H22O2Si. The molecule has 1 rings (SSSR count). The average molecular weight is 226 g/mol. The van der Waals surface area contributed by atoms with Crippen LogP contribution in [0.5, 0.6) is 0 Å². The van der Waals surface area contributed by atoms with Gasteiger partial charge in [0.25, 0.3) is 0 Å². The molecule has 0 bridgehead atoms. The molecule has 0 aromatic carbocycles. The van der Waals surface area contributed by atoms with Crippen LogP contribution in [0.25, 0.3) is 0 Å². The minimum Gasteiger partial charge on any atom is -0.353 e. The molecule has 0 spiro atoms. The van der Waals surface area contributed by atoms with Crippen LogP contribution in [0.1, 0.15) is 19.3 Å². The standard InChI is InChI=1S/C12H22O2Si/c1-15(2,3)11-7-6-10-14-12-8-4-5-9-13-12/h12H,4-5,8-11H2,1-3H3. The highest BCUT2D eigenvalue weighted by molar-refractivity contribution is 6.76. The molecule has 1 aliphatic heterocycles. The van der Waals surface area contributed by atoms with Crippen LogP contribution in [-0.2, 0) is 9.47 Å². The fourth-order valence-corrected chi connectivity index (χ4v) is 2.01. The van der Waals surface area contributed by atoms with Crippen molar-refractivity contribution in [3.8, 4) is 11.8 Å². The molecule has 1 heterocycles. The normalized spacial score (nSPS) is 21.9. The van der Waals surface area contributed by atoms with Crippen molar-refractivity contribution < 1.29 is 9.47 Å². The Kier molecular flexibility index (Phi) is 5.38. The van der Waals surface area contributed by atoms with Crippen LogP contribution in [0, 0.1) is 11.8 Å². The lowest BCUT2D eigenvalue weighted by Crippen LogP contribution is -2.22. The molecule has 15 heavy (non-hydrogen) atoms. The molecule has 1 unspecified atom stereocenters. The van der Waals surface area contributed by atoms with Gasteiger partial charge in [0.15, 0.2) is 6.29 Å². The molecule has 1 fully saturated rings. The van der Waals surface area contributed by atoms with Gasteiger partial charge >= 0.3 is 0 Å². The minimum absolute atomic E-state index is 0.0000633. The maximum absolute atomic E-state index is 5.52. The van der Waals surface area contributed by atoms with Gasteiger partial charge in [-0.3, -0.25) is 0 Å². The SMILES string of the molecule is C[Si](C)(C)CC#CCOC1CCCCO1. The molecule has 0 radical (unpaired) electrons. The van der Waals surface area contributed by atoms with Crippen LogP contribution in [0.3, 0.4) is 0 Å². The Labute approximate surface area is 94.4 Å². The van der Waals surface area contributed by atoms with Gasteiger partial charge in [-0.25, -0.2) is 0 Å². The highest BCUT2D eigenvalue weighted by Crippen LogP contribution is 2.13. The van der Waals surface area contributed by atoms with Crippen LogP contribution in [0.15, 0.2) is 0 Å². The molecule has 86 valence electrons. The quantitative estimate of drug-likeness (QED) is 0.544. The summed E-state index contributed by atoms with van der Waals surface area (Å²) in [5.41, 5.74) is 0. The van der Waals surface area contributed by atoms with E-state index in [2.05, 4.69) is 31.5 Å². The highest BCUT2D eigenvalue weighted by atomic mass is 28.3. The molecule has 0 saturated carbocycles. The van der Waals surface area contributed by atoms with E-state index in [9.17, 15) is 0 Å². The van der Waals surface area contributed by atoms with Gasteiger partial charge in [0.05, 0.1) is 8.07 Å². The predicted octanol–water partition coefficient (Wildman–Crippen LogP) is 2.87. The molecule has 0 amide bonds. The summed E-state index contributed by atoms with van der Waals surface area (Å²) in [5.74, 6) is 6.27. The van der Waals surface area contributed by atoms with E-state index >= 15 is 0 Å². The Hall–Kier alpha value is -0.303. The monoisotopic (exact) mass is 226 g/mol. The lowest BCUT2D eigenvalue weighted by Gasteiger charge is -2.21. The molecule has 1 atom stereocenters. The van der Waals surface area contributed by atoms with E-state index in [1.165, 1.54) is 12.8 Å². The first kappa shape index (κ1) is 12.8. The van der Waals surface area contributed by atoms with Crippen molar-refractivity contribution in [2.45, 2.75) is 51.2 Å². The van der Waals surface area contributed by atoms with Crippen molar-refractivity contribution in [3.63, 3.8) is 0 Å². The number of hydrogen-bond donors (Lipinski definition) is 0.